The summed E-state index contributed by atoms with van der Waals surface area (Å²) >= 11 is 4.35. The van der Waals surface area contributed by atoms with Crippen molar-refractivity contribution in [3.8, 4) is 0 Å². The second-order valence-electron chi connectivity index (χ2n) is 6.22. The van der Waals surface area contributed by atoms with E-state index in [-0.39, 0.29) is 5.97 Å². The van der Waals surface area contributed by atoms with Gasteiger partial charge in [-0.05, 0) is 19.4 Å². The molecule has 12 heteroatoms. The number of fused-ring (bicyclic) bond motifs is 1. The predicted molar refractivity (Wildman–Crippen MR) is 115 cm³/mol. The number of morpholine rings is 1. The fourth-order valence-electron chi connectivity index (χ4n) is 2.94. The highest BCUT2D eigenvalue weighted by Crippen LogP contribution is 2.35. The minimum Gasteiger partial charge on any atom is -0.462 e. The average Bonchev–Trinajstić information content (AvgIpc) is 3.32. The molecule has 0 unspecified atom stereocenters. The Bertz CT molecular complexity index is 1030. The van der Waals surface area contributed by atoms with Crippen molar-refractivity contribution < 1.29 is 14.3 Å². The van der Waals surface area contributed by atoms with Gasteiger partial charge in [0.1, 0.15) is 21.3 Å². The normalized spacial score (nSPS) is 14.5. The summed E-state index contributed by atoms with van der Waals surface area (Å²) in [7, 11) is 0. The maximum Gasteiger partial charge on any atom is 0.348 e. The van der Waals surface area contributed by atoms with E-state index in [0.717, 1.165) is 33.5 Å². The van der Waals surface area contributed by atoms with Crippen molar-refractivity contribution in [2.75, 3.05) is 43.5 Å². The molecule has 0 atom stereocenters. The van der Waals surface area contributed by atoms with E-state index >= 15 is 0 Å². The lowest BCUT2D eigenvalue weighted by atomic mass is 10.2. The molecule has 2 N–H and O–H groups in total. The van der Waals surface area contributed by atoms with Crippen LogP contribution in [0.2, 0.25) is 0 Å². The number of aromatic nitrogens is 4. The van der Waals surface area contributed by atoms with Gasteiger partial charge in [-0.25, -0.2) is 14.8 Å². The minimum atomic E-state index is -0.354. The maximum absolute atomic E-state index is 12.1. The molecule has 0 bridgehead atoms. The van der Waals surface area contributed by atoms with E-state index in [2.05, 4.69) is 25.1 Å². The fourth-order valence-corrected chi connectivity index (χ4v) is 5.79. The summed E-state index contributed by atoms with van der Waals surface area (Å²) in [5.74, 6) is 1.14. The third-order valence-corrected chi connectivity index (χ3v) is 7.61. The molecule has 0 radical (unpaired) electrons. The number of carbonyl (C=O) groups is 1. The number of carbonyl (C=O) groups excluding carboxylic acids is 1. The Hall–Kier alpha value is -2.02. The predicted octanol–water partition coefficient (Wildman–Crippen LogP) is 2.74. The Labute approximate surface area is 179 Å². The zero-order valence-corrected chi connectivity index (χ0v) is 18.5. The van der Waals surface area contributed by atoms with Crippen molar-refractivity contribution in [1.82, 2.24) is 20.2 Å². The molecule has 4 rings (SSSR count). The number of esters is 1. The standard InChI is InChI=1S/C17H20N6O3S3/c1-3-26-15(24)12-9(2)11-13(18)19-10(20-14(11)28-12)8-27-17-22-21-16(29-17)23-4-6-25-7-5-23/h3-8H2,1-2H3,(H2,18,19,20). The van der Waals surface area contributed by atoms with Crippen LogP contribution < -0.4 is 10.6 Å². The van der Waals surface area contributed by atoms with Crippen LogP contribution in [0.3, 0.4) is 0 Å². The number of ether oxygens (including phenoxy) is 2. The molecule has 1 aliphatic rings. The minimum absolute atomic E-state index is 0.323. The quantitative estimate of drug-likeness (QED) is 0.442. The van der Waals surface area contributed by atoms with Crippen LogP contribution in [0.1, 0.15) is 28.0 Å². The van der Waals surface area contributed by atoms with Crippen molar-refractivity contribution in [1.29, 1.82) is 0 Å². The number of nitrogens with zero attached hydrogens (tertiary/aromatic N) is 5. The molecular weight excluding hydrogens is 432 g/mol. The summed E-state index contributed by atoms with van der Waals surface area (Å²) in [5, 5.41) is 10.2. The Balaban J connectivity index is 1.50. The van der Waals surface area contributed by atoms with Gasteiger partial charge >= 0.3 is 5.97 Å². The van der Waals surface area contributed by atoms with Gasteiger partial charge in [-0.3, -0.25) is 0 Å². The van der Waals surface area contributed by atoms with Crippen LogP contribution in [0.25, 0.3) is 10.2 Å². The molecule has 4 heterocycles. The molecular formula is C17H20N6O3S3. The summed E-state index contributed by atoms with van der Waals surface area (Å²) in [4.78, 5) is 24.6. The van der Waals surface area contributed by atoms with Gasteiger partial charge in [0.15, 0.2) is 4.34 Å². The van der Waals surface area contributed by atoms with Gasteiger partial charge in [-0.2, -0.15) is 0 Å². The van der Waals surface area contributed by atoms with Gasteiger partial charge in [0.05, 0.1) is 31.0 Å². The fraction of sp³-hybridized carbons (Fsp3) is 0.471. The summed E-state index contributed by atoms with van der Waals surface area (Å²) in [6.45, 7) is 7.03. The van der Waals surface area contributed by atoms with Gasteiger partial charge in [0.25, 0.3) is 0 Å². The molecule has 0 amide bonds. The van der Waals surface area contributed by atoms with E-state index in [1.165, 1.54) is 23.1 Å². The molecule has 0 saturated carbocycles. The number of thiophene rings is 1. The van der Waals surface area contributed by atoms with Crippen LogP contribution >= 0.6 is 34.4 Å². The Morgan fingerprint density at radius 2 is 2.07 bits per heavy atom. The zero-order chi connectivity index (χ0) is 20.4. The lowest BCUT2D eigenvalue weighted by molar-refractivity contribution is 0.0531. The van der Waals surface area contributed by atoms with Crippen LogP contribution in [-0.4, -0.2) is 59.0 Å². The van der Waals surface area contributed by atoms with Gasteiger partial charge in [-0.1, -0.05) is 23.1 Å². The highest BCUT2D eigenvalue weighted by Gasteiger charge is 2.21. The number of aryl methyl sites for hydroxylation is 1. The molecule has 0 aromatic carbocycles. The van der Waals surface area contributed by atoms with E-state index in [0.29, 0.717) is 46.9 Å². The molecule has 1 aliphatic heterocycles. The number of nitrogen functional groups attached to an aromatic ring is 1. The summed E-state index contributed by atoms with van der Waals surface area (Å²) in [5.41, 5.74) is 6.93. The smallest absolute Gasteiger partial charge is 0.348 e. The number of nitrogens with two attached hydrogens (primary N) is 1. The number of thioether (sulfide) groups is 1. The van der Waals surface area contributed by atoms with Gasteiger partial charge in [-0.15, -0.1) is 21.5 Å². The van der Waals surface area contributed by atoms with E-state index in [9.17, 15) is 4.79 Å². The summed E-state index contributed by atoms with van der Waals surface area (Å²) in [6.07, 6.45) is 0. The third-order valence-electron chi connectivity index (χ3n) is 4.33. The van der Waals surface area contributed by atoms with Crippen molar-refractivity contribution in [2.24, 2.45) is 0 Å². The molecule has 0 aliphatic carbocycles. The van der Waals surface area contributed by atoms with Gasteiger partial charge in [0, 0.05) is 13.1 Å². The van der Waals surface area contributed by atoms with Crippen LogP contribution in [0.4, 0.5) is 10.9 Å². The molecule has 3 aromatic rings. The SMILES string of the molecule is CCOC(=O)c1sc2nc(CSc3nnc(N4CCOCC4)s3)nc(N)c2c1C. The zero-order valence-electron chi connectivity index (χ0n) is 16.0. The first kappa shape index (κ1) is 20.3. The highest BCUT2D eigenvalue weighted by atomic mass is 32.2. The van der Waals surface area contributed by atoms with Gasteiger partial charge < -0.3 is 20.1 Å². The Morgan fingerprint density at radius 1 is 1.28 bits per heavy atom. The molecule has 0 spiro atoms. The Kier molecular flexibility index (Phi) is 6.13. The Morgan fingerprint density at radius 3 is 2.83 bits per heavy atom. The van der Waals surface area contributed by atoms with Crippen molar-refractivity contribution in [3.05, 3.63) is 16.3 Å². The molecule has 3 aromatic heterocycles. The monoisotopic (exact) mass is 452 g/mol. The van der Waals surface area contributed by atoms with Crippen molar-refractivity contribution in [3.63, 3.8) is 0 Å². The number of anilines is 2. The number of rotatable bonds is 6. The van der Waals surface area contributed by atoms with E-state index in [1.807, 2.05) is 6.92 Å². The highest BCUT2D eigenvalue weighted by molar-refractivity contribution is 8.00. The van der Waals surface area contributed by atoms with Crippen LogP contribution in [0, 0.1) is 6.92 Å². The number of hydrogen-bond donors (Lipinski definition) is 1. The largest absolute Gasteiger partial charge is 0.462 e. The molecule has 154 valence electrons. The third kappa shape index (κ3) is 4.29. The van der Waals surface area contributed by atoms with E-state index < -0.39 is 0 Å². The average molecular weight is 453 g/mol. The lowest BCUT2D eigenvalue weighted by Gasteiger charge is -2.25. The second kappa shape index (κ2) is 8.78. The maximum atomic E-state index is 12.1. The first-order chi connectivity index (χ1) is 14.1. The van der Waals surface area contributed by atoms with Gasteiger partial charge in [0.2, 0.25) is 5.13 Å². The summed E-state index contributed by atoms with van der Waals surface area (Å²) < 4.78 is 11.3. The first-order valence-corrected chi connectivity index (χ1v) is 11.7. The molecule has 1 fully saturated rings. The van der Waals surface area contributed by atoms with E-state index in [4.69, 9.17) is 15.2 Å². The molecule has 29 heavy (non-hydrogen) atoms. The topological polar surface area (TPSA) is 116 Å². The van der Waals surface area contributed by atoms with Crippen LogP contribution in [-0.2, 0) is 15.2 Å². The summed E-state index contributed by atoms with van der Waals surface area (Å²) in [6, 6.07) is 0. The van der Waals surface area contributed by atoms with Crippen LogP contribution in [0.15, 0.2) is 4.34 Å². The number of hydrogen-bond acceptors (Lipinski definition) is 12. The lowest BCUT2D eigenvalue weighted by Crippen LogP contribution is -2.36. The van der Waals surface area contributed by atoms with Crippen molar-refractivity contribution in [2.45, 2.75) is 23.9 Å². The van der Waals surface area contributed by atoms with Crippen molar-refractivity contribution >= 4 is 61.6 Å². The van der Waals surface area contributed by atoms with Crippen LogP contribution in [0.5, 0.6) is 0 Å². The first-order valence-electron chi connectivity index (χ1n) is 9.08. The van der Waals surface area contributed by atoms with E-state index in [1.54, 1.807) is 18.3 Å². The molecule has 9 nitrogen and oxygen atoms in total. The second-order valence-corrected chi connectivity index (χ2v) is 9.40. The molecule has 1 saturated heterocycles.